The van der Waals surface area contributed by atoms with Crippen LogP contribution in [0, 0.1) is 6.92 Å². The van der Waals surface area contributed by atoms with E-state index in [2.05, 4.69) is 9.66 Å². The van der Waals surface area contributed by atoms with E-state index < -0.39 is 7.91 Å². The molecule has 9 nitrogen and oxygen atoms in total. The normalized spacial score (nSPS) is 10.4. The maximum absolute atomic E-state index is 12.3. The summed E-state index contributed by atoms with van der Waals surface area (Å²) in [5, 5.41) is 8.53. The summed E-state index contributed by atoms with van der Waals surface area (Å²) in [6.07, 6.45) is 6.77. The van der Waals surface area contributed by atoms with Crippen molar-refractivity contribution in [3.05, 3.63) is 99.1 Å². The highest BCUT2D eigenvalue weighted by molar-refractivity contribution is 7.24. The molecule has 0 radical (unpaired) electrons. The molecule has 33 heavy (non-hydrogen) atoms. The predicted octanol–water partition coefficient (Wildman–Crippen LogP) is 2.99. The van der Waals surface area contributed by atoms with Gasteiger partial charge in [0.15, 0.2) is 5.78 Å². The largest absolute Gasteiger partial charge is 0.710 e. The number of carbonyl (C=O) groups is 1. The van der Waals surface area contributed by atoms with E-state index in [0.29, 0.717) is 12.8 Å². The number of pyridine rings is 1. The SMILES string of the molecule is Cc1ccc(C(=O)CCc2cn(-c3ccc(-n4ccccc4=O)cc3)c[nH+]2)s1.O=P(=O)O[O-]. The molecule has 0 unspecified atom stereocenters. The third kappa shape index (κ3) is 6.77. The molecule has 3 aromatic heterocycles. The Bertz CT molecular complexity index is 1350. The molecule has 1 aromatic carbocycles. The van der Waals surface area contributed by atoms with Gasteiger partial charge in [0.05, 0.1) is 4.88 Å². The zero-order valence-corrected chi connectivity index (χ0v) is 19.3. The molecule has 1 N–H and O–H groups in total. The van der Waals surface area contributed by atoms with E-state index in [9.17, 15) is 9.59 Å². The Hall–Kier alpha value is -3.43. The van der Waals surface area contributed by atoms with Crippen LogP contribution in [0.1, 0.15) is 26.7 Å². The van der Waals surface area contributed by atoms with Gasteiger partial charge in [-0.1, -0.05) is 6.07 Å². The Morgan fingerprint density at radius 2 is 1.79 bits per heavy atom. The highest BCUT2D eigenvalue weighted by Crippen LogP contribution is 2.18. The lowest BCUT2D eigenvalue weighted by Gasteiger charge is -2.04. The van der Waals surface area contributed by atoms with Crippen LogP contribution in [0.5, 0.6) is 0 Å². The van der Waals surface area contributed by atoms with Crippen LogP contribution in [0.2, 0.25) is 0 Å². The Balaban J connectivity index is 0.000000555. The fraction of sp³-hybridized carbons (Fsp3) is 0.136. The Morgan fingerprint density at radius 1 is 1.09 bits per heavy atom. The van der Waals surface area contributed by atoms with E-state index in [1.54, 1.807) is 34.2 Å². The second kappa shape index (κ2) is 11.4. The third-order valence-corrected chi connectivity index (χ3v) is 5.79. The standard InChI is InChI=1S/C22H19N3O2S.HO4P/c1-16-5-12-21(28-16)20(26)11-6-17-14-24(15-23-17)18-7-9-19(10-8-18)25-13-3-2-4-22(25)27;1-4-5(2)3/h2-5,7-10,12-15H,6,11H2,1H3;1H. The quantitative estimate of drug-likeness (QED) is 0.172. The molecule has 0 amide bonds. The second-order valence-corrected chi connectivity index (χ2v) is 8.78. The number of benzene rings is 1. The van der Waals surface area contributed by atoms with Crippen molar-refractivity contribution in [1.82, 2.24) is 9.13 Å². The van der Waals surface area contributed by atoms with Crippen molar-refractivity contribution in [3.8, 4) is 11.4 Å². The lowest BCUT2D eigenvalue weighted by Crippen LogP contribution is -2.15. The maximum atomic E-state index is 12.3. The van der Waals surface area contributed by atoms with Crippen molar-refractivity contribution in [2.24, 2.45) is 0 Å². The van der Waals surface area contributed by atoms with Crippen molar-refractivity contribution < 1.29 is 28.8 Å². The molecule has 4 aromatic rings. The summed E-state index contributed by atoms with van der Waals surface area (Å²) in [7, 11) is -3.15. The van der Waals surface area contributed by atoms with Crippen LogP contribution in [0.25, 0.3) is 11.4 Å². The van der Waals surface area contributed by atoms with Gasteiger partial charge in [-0.2, -0.15) is 0 Å². The van der Waals surface area contributed by atoms with Crippen LogP contribution in [0.3, 0.4) is 0 Å². The monoisotopic (exact) mass is 485 g/mol. The van der Waals surface area contributed by atoms with Crippen LogP contribution in [-0.2, 0) is 20.2 Å². The summed E-state index contributed by atoms with van der Waals surface area (Å²) in [6, 6.07) is 16.7. The molecular formula is C22H20N3O6PS. The van der Waals surface area contributed by atoms with Crippen LogP contribution in [0.4, 0.5) is 0 Å². The van der Waals surface area contributed by atoms with E-state index in [1.807, 2.05) is 66.5 Å². The molecule has 0 saturated carbocycles. The zero-order valence-electron chi connectivity index (χ0n) is 17.5. The first kappa shape index (κ1) is 24.2. The highest BCUT2D eigenvalue weighted by Gasteiger charge is 2.13. The number of aromatic nitrogens is 3. The highest BCUT2D eigenvalue weighted by atomic mass is 32.1. The Morgan fingerprint density at radius 3 is 2.39 bits per heavy atom. The average molecular weight is 485 g/mol. The zero-order chi connectivity index (χ0) is 23.8. The number of Topliss-reactive ketones (excluding diaryl/α,β-unsaturated/α-hetero) is 1. The molecule has 11 heteroatoms. The topological polar surface area (TPSA) is 125 Å². The fourth-order valence-corrected chi connectivity index (χ4v) is 3.90. The van der Waals surface area contributed by atoms with Crippen LogP contribution >= 0.6 is 19.2 Å². The van der Waals surface area contributed by atoms with Gasteiger partial charge in [-0.05, 0) is 49.4 Å². The number of aromatic amines is 1. The number of carbonyl (C=O) groups excluding carboxylic acids is 1. The first-order chi connectivity index (χ1) is 15.9. The summed E-state index contributed by atoms with van der Waals surface area (Å²) in [5.41, 5.74) is 2.75. The maximum Gasteiger partial charge on any atom is 0.458 e. The lowest BCUT2D eigenvalue weighted by atomic mass is 10.1. The van der Waals surface area contributed by atoms with E-state index in [-0.39, 0.29) is 11.3 Å². The van der Waals surface area contributed by atoms with Crippen molar-refractivity contribution in [3.63, 3.8) is 0 Å². The number of thiophene rings is 1. The van der Waals surface area contributed by atoms with Gasteiger partial charge < -0.3 is 9.93 Å². The minimum Gasteiger partial charge on any atom is -0.710 e. The van der Waals surface area contributed by atoms with E-state index >= 15 is 0 Å². The summed E-state index contributed by atoms with van der Waals surface area (Å²) >= 11 is 1.54. The number of rotatable bonds is 7. The Labute approximate surface area is 193 Å². The predicted molar refractivity (Wildman–Crippen MR) is 119 cm³/mol. The number of H-pyrrole nitrogens is 1. The van der Waals surface area contributed by atoms with E-state index in [1.165, 1.54) is 0 Å². The minimum atomic E-state index is -3.15. The fourth-order valence-electron chi connectivity index (χ4n) is 3.06. The molecule has 3 heterocycles. The number of aryl methyl sites for hydroxylation is 2. The molecule has 0 atom stereocenters. The average Bonchev–Trinajstić information content (AvgIpc) is 3.48. The molecule has 0 fully saturated rings. The molecule has 0 bridgehead atoms. The van der Waals surface area contributed by atoms with Gasteiger partial charge in [0.1, 0.15) is 17.6 Å². The third-order valence-electron chi connectivity index (χ3n) is 4.63. The van der Waals surface area contributed by atoms with Crippen LogP contribution in [-0.4, -0.2) is 14.9 Å². The van der Waals surface area contributed by atoms with Crippen molar-refractivity contribution >= 4 is 25.0 Å². The van der Waals surface area contributed by atoms with Crippen molar-refractivity contribution in [1.29, 1.82) is 0 Å². The minimum absolute atomic E-state index is 0.0579. The molecule has 4 rings (SSSR count). The molecule has 0 aliphatic carbocycles. The van der Waals surface area contributed by atoms with Crippen LogP contribution in [0.15, 0.2) is 78.1 Å². The molecular weight excluding hydrogens is 465 g/mol. The van der Waals surface area contributed by atoms with Gasteiger partial charge in [0.2, 0.25) is 6.33 Å². The summed E-state index contributed by atoms with van der Waals surface area (Å²) in [4.78, 5) is 29.4. The molecule has 0 aliphatic heterocycles. The second-order valence-electron chi connectivity index (χ2n) is 6.89. The molecule has 0 spiro atoms. The number of hydrogen-bond donors (Lipinski definition) is 0. The van der Waals surface area contributed by atoms with Gasteiger partial charge in [-0.3, -0.25) is 14.2 Å². The van der Waals surface area contributed by atoms with Gasteiger partial charge in [0.25, 0.3) is 5.56 Å². The van der Waals surface area contributed by atoms with E-state index in [0.717, 1.165) is 26.8 Å². The summed E-state index contributed by atoms with van der Waals surface area (Å²) in [5.74, 6) is 0.178. The smallest absolute Gasteiger partial charge is 0.458 e. The van der Waals surface area contributed by atoms with Gasteiger partial charge >= 0.3 is 7.91 Å². The van der Waals surface area contributed by atoms with Gasteiger partial charge in [-0.15, -0.1) is 11.3 Å². The Kier molecular flexibility index (Phi) is 8.39. The first-order valence-corrected chi connectivity index (χ1v) is 11.7. The number of nitrogens with zero attached hydrogens (tertiary/aromatic N) is 2. The molecule has 170 valence electrons. The van der Waals surface area contributed by atoms with Crippen molar-refractivity contribution in [2.75, 3.05) is 0 Å². The summed E-state index contributed by atoms with van der Waals surface area (Å²) in [6.45, 7) is 2.01. The molecule has 0 aliphatic rings. The van der Waals surface area contributed by atoms with Gasteiger partial charge in [0, 0.05) is 35.7 Å². The number of hydrogen-bond acceptors (Lipinski definition) is 7. The number of imidazole rings is 1. The number of ketones is 1. The van der Waals surface area contributed by atoms with Crippen LogP contribution < -0.4 is 15.8 Å². The van der Waals surface area contributed by atoms with Crippen molar-refractivity contribution in [2.45, 2.75) is 19.8 Å². The first-order valence-electron chi connectivity index (χ1n) is 9.78. The van der Waals surface area contributed by atoms with Gasteiger partial charge in [-0.25, -0.2) is 18.7 Å². The lowest BCUT2D eigenvalue weighted by molar-refractivity contribution is -0.635. The summed E-state index contributed by atoms with van der Waals surface area (Å²) < 4.78 is 23.8. The molecule has 0 saturated heterocycles. The van der Waals surface area contributed by atoms with E-state index in [4.69, 9.17) is 14.4 Å². The number of nitrogens with one attached hydrogen (secondary N) is 1.